The van der Waals surface area contributed by atoms with E-state index in [0.717, 1.165) is 27.2 Å². The van der Waals surface area contributed by atoms with Crippen LogP contribution in [0.15, 0.2) is 34.1 Å². The molecule has 90 valence electrons. The zero-order valence-electron chi connectivity index (χ0n) is 9.56. The Kier molecular flexibility index (Phi) is 4.31. The van der Waals surface area contributed by atoms with Gasteiger partial charge in [-0.2, -0.15) is 0 Å². The molecule has 2 rings (SSSR count). The summed E-state index contributed by atoms with van der Waals surface area (Å²) >= 11 is 5.11. The molecule has 0 saturated carbocycles. The number of rotatable bonds is 4. The fourth-order valence-corrected chi connectivity index (χ4v) is 2.85. The molecule has 1 heterocycles. The van der Waals surface area contributed by atoms with Crippen molar-refractivity contribution in [1.29, 1.82) is 0 Å². The number of thiazole rings is 1. The largest absolute Gasteiger partial charge is 0.396 e. The summed E-state index contributed by atoms with van der Waals surface area (Å²) in [5, 5.41) is 12.6. The molecule has 1 aromatic heterocycles. The summed E-state index contributed by atoms with van der Waals surface area (Å²) in [7, 11) is 0. The fraction of sp³-hybridized carbons (Fsp3) is 0.308. The normalized spacial score (nSPS) is 12.6. The topological polar surface area (TPSA) is 33.1 Å². The van der Waals surface area contributed by atoms with Crippen LogP contribution in [0.2, 0.25) is 0 Å². The lowest BCUT2D eigenvalue weighted by Gasteiger charge is -2.13. The minimum absolute atomic E-state index is 0.119. The third-order valence-electron chi connectivity index (χ3n) is 2.66. The first-order valence-electron chi connectivity index (χ1n) is 5.46. The number of aliphatic hydroxyl groups excluding tert-OH is 1. The van der Waals surface area contributed by atoms with Gasteiger partial charge in [-0.1, -0.05) is 28.1 Å². The third kappa shape index (κ3) is 3.37. The highest BCUT2D eigenvalue weighted by atomic mass is 79.9. The Balaban J connectivity index is 2.16. The van der Waals surface area contributed by atoms with E-state index in [1.165, 1.54) is 0 Å². The minimum atomic E-state index is 0.119. The molecule has 1 atom stereocenters. The summed E-state index contributed by atoms with van der Waals surface area (Å²) < 4.78 is 1.04. The second-order valence-corrected chi connectivity index (χ2v) is 5.97. The molecule has 4 heteroatoms. The highest BCUT2D eigenvalue weighted by Gasteiger charge is 2.13. The summed E-state index contributed by atoms with van der Waals surface area (Å²) in [6.07, 6.45) is 0.789. The van der Waals surface area contributed by atoms with Crippen molar-refractivity contribution >= 4 is 27.3 Å². The van der Waals surface area contributed by atoms with Crippen molar-refractivity contribution in [3.63, 3.8) is 0 Å². The van der Waals surface area contributed by atoms with Crippen LogP contribution in [0.5, 0.6) is 0 Å². The van der Waals surface area contributed by atoms with E-state index in [4.69, 9.17) is 0 Å². The molecular weight excluding hydrogens is 298 g/mol. The Hall–Kier alpha value is -0.710. The second kappa shape index (κ2) is 5.76. The molecule has 0 spiro atoms. The second-order valence-electron chi connectivity index (χ2n) is 4.00. The summed E-state index contributed by atoms with van der Waals surface area (Å²) in [6, 6.07) is 8.09. The van der Waals surface area contributed by atoms with Crippen molar-refractivity contribution in [2.45, 2.75) is 19.3 Å². The highest BCUT2D eigenvalue weighted by molar-refractivity contribution is 9.10. The van der Waals surface area contributed by atoms with Gasteiger partial charge in [0.2, 0.25) is 0 Å². The number of halogens is 1. The molecule has 1 N–H and O–H groups in total. The van der Waals surface area contributed by atoms with Gasteiger partial charge in [-0.05, 0) is 31.0 Å². The predicted octanol–water partition coefficient (Wildman–Crippen LogP) is 3.53. The summed E-state index contributed by atoms with van der Waals surface area (Å²) in [4.78, 5) is 4.44. The van der Waals surface area contributed by atoms with Crippen molar-refractivity contribution in [3.05, 3.63) is 50.4 Å². The SMILES string of the molecule is Cc1nc(CC(CO)c2cccc(Br)c2)cs1. The number of aryl methyl sites for hydroxylation is 1. The zero-order valence-corrected chi connectivity index (χ0v) is 12.0. The van der Waals surface area contributed by atoms with Crippen LogP contribution in [0.1, 0.15) is 22.2 Å². The first-order valence-corrected chi connectivity index (χ1v) is 7.13. The molecule has 0 aliphatic rings. The van der Waals surface area contributed by atoms with E-state index in [1.807, 2.05) is 25.1 Å². The molecule has 0 aliphatic heterocycles. The molecule has 0 fully saturated rings. The van der Waals surface area contributed by atoms with Crippen LogP contribution in [0.3, 0.4) is 0 Å². The Morgan fingerprint density at radius 1 is 1.47 bits per heavy atom. The number of hydrogen-bond donors (Lipinski definition) is 1. The molecule has 2 nitrogen and oxygen atoms in total. The molecule has 0 radical (unpaired) electrons. The maximum absolute atomic E-state index is 9.50. The number of aliphatic hydroxyl groups is 1. The van der Waals surface area contributed by atoms with Crippen molar-refractivity contribution in [3.8, 4) is 0 Å². The van der Waals surface area contributed by atoms with Gasteiger partial charge in [-0.3, -0.25) is 0 Å². The summed E-state index contributed by atoms with van der Waals surface area (Å²) in [5.41, 5.74) is 2.21. The Labute approximate surface area is 113 Å². The van der Waals surface area contributed by atoms with Gasteiger partial charge in [0.05, 0.1) is 17.3 Å². The van der Waals surface area contributed by atoms with Gasteiger partial charge in [-0.15, -0.1) is 11.3 Å². The van der Waals surface area contributed by atoms with E-state index >= 15 is 0 Å². The van der Waals surface area contributed by atoms with Gasteiger partial charge in [0, 0.05) is 15.8 Å². The molecule has 0 saturated heterocycles. The van der Waals surface area contributed by atoms with E-state index in [9.17, 15) is 5.11 Å². The number of aromatic nitrogens is 1. The van der Waals surface area contributed by atoms with E-state index in [-0.39, 0.29) is 12.5 Å². The molecule has 1 unspecified atom stereocenters. The summed E-state index contributed by atoms with van der Waals surface area (Å²) in [6.45, 7) is 2.15. The van der Waals surface area contributed by atoms with Crippen molar-refractivity contribution in [2.24, 2.45) is 0 Å². The van der Waals surface area contributed by atoms with Gasteiger partial charge >= 0.3 is 0 Å². The van der Waals surface area contributed by atoms with Crippen LogP contribution >= 0.6 is 27.3 Å². The van der Waals surface area contributed by atoms with Crippen molar-refractivity contribution in [1.82, 2.24) is 4.98 Å². The zero-order chi connectivity index (χ0) is 12.3. The van der Waals surface area contributed by atoms with Crippen molar-refractivity contribution in [2.75, 3.05) is 6.61 Å². The van der Waals surface area contributed by atoms with E-state index in [0.29, 0.717) is 0 Å². The number of benzene rings is 1. The first-order chi connectivity index (χ1) is 8.19. The molecule has 1 aromatic carbocycles. The number of hydrogen-bond acceptors (Lipinski definition) is 3. The van der Waals surface area contributed by atoms with Crippen LogP contribution in [-0.4, -0.2) is 16.7 Å². The van der Waals surface area contributed by atoms with Crippen LogP contribution in [0.4, 0.5) is 0 Å². The molecule has 2 aromatic rings. The Morgan fingerprint density at radius 3 is 2.88 bits per heavy atom. The smallest absolute Gasteiger partial charge is 0.0897 e. The van der Waals surface area contributed by atoms with Crippen molar-refractivity contribution < 1.29 is 5.11 Å². The lowest BCUT2D eigenvalue weighted by Crippen LogP contribution is -2.08. The average Bonchev–Trinajstić information content (AvgIpc) is 2.72. The molecule has 0 bridgehead atoms. The van der Waals surface area contributed by atoms with Crippen LogP contribution in [0.25, 0.3) is 0 Å². The standard InChI is InChI=1S/C13H14BrNOS/c1-9-15-13(8-17-9)6-11(7-16)10-3-2-4-12(14)5-10/h2-5,8,11,16H,6-7H2,1H3. The third-order valence-corrected chi connectivity index (χ3v) is 3.98. The molecule has 0 amide bonds. The van der Waals surface area contributed by atoms with Crippen LogP contribution in [0, 0.1) is 6.92 Å². The maximum Gasteiger partial charge on any atom is 0.0897 e. The summed E-state index contributed by atoms with van der Waals surface area (Å²) in [5.74, 6) is 0.119. The van der Waals surface area contributed by atoms with Gasteiger partial charge in [0.25, 0.3) is 0 Å². The highest BCUT2D eigenvalue weighted by Crippen LogP contribution is 2.24. The molecule has 17 heavy (non-hydrogen) atoms. The average molecular weight is 312 g/mol. The van der Waals surface area contributed by atoms with Crippen LogP contribution < -0.4 is 0 Å². The van der Waals surface area contributed by atoms with Gasteiger partial charge < -0.3 is 5.11 Å². The quantitative estimate of drug-likeness (QED) is 0.937. The lowest BCUT2D eigenvalue weighted by molar-refractivity contribution is 0.264. The van der Waals surface area contributed by atoms with Gasteiger partial charge in [0.1, 0.15) is 0 Å². The molecule has 0 aliphatic carbocycles. The maximum atomic E-state index is 9.50. The Morgan fingerprint density at radius 2 is 2.29 bits per heavy atom. The lowest BCUT2D eigenvalue weighted by atomic mass is 9.95. The van der Waals surface area contributed by atoms with E-state index < -0.39 is 0 Å². The van der Waals surface area contributed by atoms with Gasteiger partial charge in [0.15, 0.2) is 0 Å². The van der Waals surface area contributed by atoms with Gasteiger partial charge in [-0.25, -0.2) is 4.98 Å². The molecular formula is C13H14BrNOS. The fourth-order valence-electron chi connectivity index (χ4n) is 1.80. The van der Waals surface area contributed by atoms with E-state index in [2.05, 4.69) is 32.4 Å². The number of nitrogens with zero attached hydrogens (tertiary/aromatic N) is 1. The Bertz CT molecular complexity index is 498. The predicted molar refractivity (Wildman–Crippen MR) is 74.5 cm³/mol. The minimum Gasteiger partial charge on any atom is -0.396 e. The monoisotopic (exact) mass is 311 g/mol. The van der Waals surface area contributed by atoms with E-state index in [1.54, 1.807) is 11.3 Å². The van der Waals surface area contributed by atoms with Crippen LogP contribution in [-0.2, 0) is 6.42 Å². The first kappa shape index (κ1) is 12.7.